The molecule has 0 radical (unpaired) electrons. The van der Waals surface area contributed by atoms with Gasteiger partial charge < -0.3 is 5.32 Å². The van der Waals surface area contributed by atoms with Crippen LogP contribution in [0.5, 0.6) is 0 Å². The molecule has 2 aromatic heterocycles. The number of halogens is 1. The van der Waals surface area contributed by atoms with E-state index in [2.05, 4.69) is 43.5 Å². The second kappa shape index (κ2) is 7.27. The van der Waals surface area contributed by atoms with Gasteiger partial charge in [-0.1, -0.05) is 34.1 Å². The minimum atomic E-state index is 0.0706. The lowest BCUT2D eigenvalue weighted by Crippen LogP contribution is -2.25. The number of aromatic nitrogens is 3. The van der Waals surface area contributed by atoms with Crippen LogP contribution in [-0.4, -0.2) is 20.7 Å². The highest BCUT2D eigenvalue weighted by Crippen LogP contribution is 2.47. The summed E-state index contributed by atoms with van der Waals surface area (Å²) in [6, 6.07) is 14.1. The van der Waals surface area contributed by atoms with E-state index >= 15 is 0 Å². The fourth-order valence-electron chi connectivity index (χ4n) is 3.42. The summed E-state index contributed by atoms with van der Waals surface area (Å²) < 4.78 is 2.88. The molecule has 0 bridgehead atoms. The minimum absolute atomic E-state index is 0.0706. The van der Waals surface area contributed by atoms with E-state index in [1.807, 2.05) is 48.9 Å². The highest BCUT2D eigenvalue weighted by Gasteiger charge is 2.43. The van der Waals surface area contributed by atoms with Crippen LogP contribution in [0.3, 0.4) is 0 Å². The Hall–Kier alpha value is -2.47. The van der Waals surface area contributed by atoms with Crippen molar-refractivity contribution >= 4 is 21.8 Å². The summed E-state index contributed by atoms with van der Waals surface area (Å²) in [6.45, 7) is 4.46. The number of aryl methyl sites for hydroxylation is 2. The summed E-state index contributed by atoms with van der Waals surface area (Å²) in [5.41, 5.74) is 4.22. The van der Waals surface area contributed by atoms with Gasteiger partial charge in [0.2, 0.25) is 5.91 Å². The molecule has 0 saturated heterocycles. The fraction of sp³-hybridized carbons (Fsp3) is 0.286. The zero-order valence-electron chi connectivity index (χ0n) is 15.3. The molecule has 138 valence electrons. The summed E-state index contributed by atoms with van der Waals surface area (Å²) in [7, 11) is 0. The number of benzene rings is 1. The van der Waals surface area contributed by atoms with E-state index in [1.54, 1.807) is 6.20 Å². The number of nitrogens with one attached hydrogen (secondary N) is 1. The molecule has 3 aromatic rings. The van der Waals surface area contributed by atoms with E-state index in [9.17, 15) is 4.79 Å². The molecule has 0 spiro atoms. The Balaban J connectivity index is 1.34. The van der Waals surface area contributed by atoms with Gasteiger partial charge in [0.05, 0.1) is 5.69 Å². The number of hydrogen-bond acceptors (Lipinski definition) is 3. The molecule has 1 aliphatic carbocycles. The molecule has 1 aliphatic rings. The van der Waals surface area contributed by atoms with Crippen molar-refractivity contribution in [1.29, 1.82) is 0 Å². The highest BCUT2D eigenvalue weighted by molar-refractivity contribution is 9.10. The number of amides is 1. The first-order chi connectivity index (χ1) is 13.0. The van der Waals surface area contributed by atoms with Crippen LogP contribution in [0.2, 0.25) is 0 Å². The second-order valence-electron chi connectivity index (χ2n) is 7.09. The first kappa shape index (κ1) is 17.9. The van der Waals surface area contributed by atoms with E-state index in [0.717, 1.165) is 33.7 Å². The average molecular weight is 425 g/mol. The van der Waals surface area contributed by atoms with Gasteiger partial charge in [0.1, 0.15) is 0 Å². The standard InChI is InChI=1S/C21H21BrN4O/c1-13-8-14(2)26(25-13)20-7-6-15(11-23-20)12-24-21(27)19-10-18(19)16-4-3-5-17(22)9-16/h3-9,11,18-19H,10,12H2,1-2H3,(H,24,27). The third kappa shape index (κ3) is 3.95. The van der Waals surface area contributed by atoms with Crippen LogP contribution in [0.25, 0.3) is 5.82 Å². The highest BCUT2D eigenvalue weighted by atomic mass is 79.9. The first-order valence-corrected chi connectivity index (χ1v) is 9.82. The third-order valence-electron chi connectivity index (χ3n) is 4.91. The maximum absolute atomic E-state index is 12.4. The van der Waals surface area contributed by atoms with Crippen LogP contribution < -0.4 is 5.32 Å². The average Bonchev–Trinajstić information content (AvgIpc) is 3.39. The molecular weight excluding hydrogens is 404 g/mol. The van der Waals surface area contributed by atoms with Gasteiger partial charge >= 0.3 is 0 Å². The molecule has 2 heterocycles. The normalized spacial score (nSPS) is 18.3. The van der Waals surface area contributed by atoms with Crippen molar-refractivity contribution in [2.75, 3.05) is 0 Å². The van der Waals surface area contributed by atoms with Gasteiger partial charge in [0, 0.05) is 28.8 Å². The number of nitrogens with zero attached hydrogens (tertiary/aromatic N) is 3. The van der Waals surface area contributed by atoms with Crippen molar-refractivity contribution < 1.29 is 4.79 Å². The number of rotatable bonds is 5. The molecule has 1 saturated carbocycles. The van der Waals surface area contributed by atoms with Crippen LogP contribution in [0.4, 0.5) is 0 Å². The quantitative estimate of drug-likeness (QED) is 0.671. The molecule has 1 amide bonds. The number of carbonyl (C=O) groups is 1. The van der Waals surface area contributed by atoms with Gasteiger partial charge in [-0.2, -0.15) is 5.10 Å². The summed E-state index contributed by atoms with van der Waals surface area (Å²) in [5, 5.41) is 7.48. The van der Waals surface area contributed by atoms with Crippen molar-refractivity contribution in [3.8, 4) is 5.82 Å². The van der Waals surface area contributed by atoms with Crippen LogP contribution in [-0.2, 0) is 11.3 Å². The second-order valence-corrected chi connectivity index (χ2v) is 8.00. The molecule has 0 aliphatic heterocycles. The maximum Gasteiger partial charge on any atom is 0.224 e. The Morgan fingerprint density at radius 2 is 2.11 bits per heavy atom. The molecule has 4 rings (SSSR count). The molecule has 5 nitrogen and oxygen atoms in total. The predicted molar refractivity (Wildman–Crippen MR) is 108 cm³/mol. The number of pyridine rings is 1. The third-order valence-corrected chi connectivity index (χ3v) is 5.40. The van der Waals surface area contributed by atoms with E-state index in [-0.39, 0.29) is 11.8 Å². The van der Waals surface area contributed by atoms with Crippen molar-refractivity contribution in [3.05, 3.63) is 75.6 Å². The van der Waals surface area contributed by atoms with Crippen molar-refractivity contribution in [2.24, 2.45) is 5.92 Å². The SMILES string of the molecule is Cc1cc(C)n(-c2ccc(CNC(=O)C3CC3c3cccc(Br)c3)cn2)n1. The molecule has 2 unspecified atom stereocenters. The Bertz CT molecular complexity index is 980. The first-order valence-electron chi connectivity index (χ1n) is 9.03. The van der Waals surface area contributed by atoms with Gasteiger partial charge in [-0.25, -0.2) is 9.67 Å². The Morgan fingerprint density at radius 1 is 1.26 bits per heavy atom. The molecule has 1 N–H and O–H groups in total. The van der Waals surface area contributed by atoms with Crippen LogP contribution >= 0.6 is 15.9 Å². The van der Waals surface area contributed by atoms with E-state index in [1.165, 1.54) is 5.56 Å². The summed E-state index contributed by atoms with van der Waals surface area (Å²) in [4.78, 5) is 16.9. The minimum Gasteiger partial charge on any atom is -0.352 e. The maximum atomic E-state index is 12.4. The van der Waals surface area contributed by atoms with Gasteiger partial charge in [-0.15, -0.1) is 0 Å². The number of hydrogen-bond donors (Lipinski definition) is 1. The van der Waals surface area contributed by atoms with Crippen molar-refractivity contribution in [1.82, 2.24) is 20.1 Å². The predicted octanol–water partition coefficient (Wildman–Crippen LogP) is 4.07. The molecule has 27 heavy (non-hydrogen) atoms. The largest absolute Gasteiger partial charge is 0.352 e. The van der Waals surface area contributed by atoms with Gasteiger partial charge in [0.15, 0.2) is 5.82 Å². The van der Waals surface area contributed by atoms with Crippen LogP contribution in [0, 0.1) is 19.8 Å². The molecular formula is C21H21BrN4O. The Morgan fingerprint density at radius 3 is 2.78 bits per heavy atom. The lowest BCUT2D eigenvalue weighted by atomic mass is 10.1. The monoisotopic (exact) mass is 424 g/mol. The number of carbonyl (C=O) groups excluding carboxylic acids is 1. The summed E-state index contributed by atoms with van der Waals surface area (Å²) >= 11 is 3.49. The zero-order valence-corrected chi connectivity index (χ0v) is 16.9. The van der Waals surface area contributed by atoms with Crippen LogP contribution in [0.1, 0.15) is 34.9 Å². The zero-order chi connectivity index (χ0) is 19.0. The van der Waals surface area contributed by atoms with Crippen LogP contribution in [0.15, 0.2) is 53.1 Å². The van der Waals surface area contributed by atoms with Gasteiger partial charge in [-0.05, 0) is 61.6 Å². The Labute approximate surface area is 167 Å². The molecule has 1 fully saturated rings. The lowest BCUT2D eigenvalue weighted by Gasteiger charge is -2.07. The molecule has 1 aromatic carbocycles. The smallest absolute Gasteiger partial charge is 0.224 e. The molecule has 2 atom stereocenters. The van der Waals surface area contributed by atoms with E-state index < -0.39 is 0 Å². The van der Waals surface area contributed by atoms with E-state index in [0.29, 0.717) is 12.5 Å². The van der Waals surface area contributed by atoms with Gasteiger partial charge in [0.25, 0.3) is 0 Å². The van der Waals surface area contributed by atoms with Crippen molar-refractivity contribution in [2.45, 2.75) is 32.7 Å². The van der Waals surface area contributed by atoms with E-state index in [4.69, 9.17) is 0 Å². The van der Waals surface area contributed by atoms with Crippen molar-refractivity contribution in [3.63, 3.8) is 0 Å². The Kier molecular flexibility index (Phi) is 4.83. The summed E-state index contributed by atoms with van der Waals surface area (Å²) in [5.74, 6) is 1.30. The lowest BCUT2D eigenvalue weighted by molar-refractivity contribution is -0.122. The topological polar surface area (TPSA) is 59.8 Å². The summed E-state index contributed by atoms with van der Waals surface area (Å²) in [6.07, 6.45) is 2.71. The van der Waals surface area contributed by atoms with Gasteiger partial charge in [-0.3, -0.25) is 4.79 Å². The molecule has 6 heteroatoms. The fourth-order valence-corrected chi connectivity index (χ4v) is 3.83.